The van der Waals surface area contributed by atoms with Crippen LogP contribution in [0.2, 0.25) is 0 Å². The monoisotopic (exact) mass is 247 g/mol. The fraction of sp³-hybridized carbons (Fsp3) is 0.385. The average Bonchev–Trinajstić information content (AvgIpc) is 2.99. The molecule has 0 aliphatic rings. The predicted octanol–water partition coefficient (Wildman–Crippen LogP) is 2.44. The van der Waals surface area contributed by atoms with Crippen LogP contribution in [0.1, 0.15) is 31.3 Å². The molecule has 2 aromatic heterocycles. The maximum atomic E-state index is 11.9. The van der Waals surface area contributed by atoms with E-state index in [1.54, 1.807) is 18.4 Å². The summed E-state index contributed by atoms with van der Waals surface area (Å²) in [5.41, 5.74) is 1.07. The van der Waals surface area contributed by atoms with Gasteiger partial charge in [-0.05, 0) is 25.0 Å². The van der Waals surface area contributed by atoms with Gasteiger partial charge < -0.3 is 9.73 Å². The summed E-state index contributed by atoms with van der Waals surface area (Å²) in [5.74, 6) is 0.876. The fourth-order valence-corrected chi connectivity index (χ4v) is 1.44. The molecular weight excluding hydrogens is 230 g/mol. The molecule has 0 spiro atoms. The Bertz CT molecular complexity index is 514. The Morgan fingerprint density at radius 2 is 2.22 bits per heavy atom. The van der Waals surface area contributed by atoms with Gasteiger partial charge in [-0.15, -0.1) is 0 Å². The van der Waals surface area contributed by atoms with Crippen molar-refractivity contribution in [2.24, 2.45) is 5.92 Å². The van der Waals surface area contributed by atoms with E-state index in [1.807, 2.05) is 13.0 Å². The standard InChI is InChI=1S/C13H17N3O2/c1-8(2)9(3)14-13(17)11-7-10(15-16-11)12-5-4-6-18-12/h4-9H,1-3H3,(H,14,17)(H,15,16)/t9-/m0/s1. The number of carbonyl (C=O) groups is 1. The summed E-state index contributed by atoms with van der Waals surface area (Å²) in [7, 11) is 0. The number of hydrogen-bond donors (Lipinski definition) is 2. The lowest BCUT2D eigenvalue weighted by molar-refractivity contribution is 0.0925. The number of hydrogen-bond acceptors (Lipinski definition) is 3. The van der Waals surface area contributed by atoms with Crippen LogP contribution in [0.25, 0.3) is 11.5 Å². The van der Waals surface area contributed by atoms with Crippen molar-refractivity contribution in [1.29, 1.82) is 0 Å². The Morgan fingerprint density at radius 3 is 2.83 bits per heavy atom. The summed E-state index contributed by atoms with van der Waals surface area (Å²) in [6.45, 7) is 6.09. The highest BCUT2D eigenvalue weighted by Crippen LogP contribution is 2.17. The molecule has 0 bridgehead atoms. The average molecular weight is 247 g/mol. The number of aromatic amines is 1. The third-order valence-corrected chi connectivity index (χ3v) is 2.96. The second-order valence-corrected chi connectivity index (χ2v) is 4.65. The zero-order valence-electron chi connectivity index (χ0n) is 10.7. The first-order valence-corrected chi connectivity index (χ1v) is 5.98. The van der Waals surface area contributed by atoms with Crippen molar-refractivity contribution in [2.45, 2.75) is 26.8 Å². The molecule has 0 radical (unpaired) electrons. The smallest absolute Gasteiger partial charge is 0.272 e. The molecule has 0 saturated heterocycles. The minimum absolute atomic E-state index is 0.112. The van der Waals surface area contributed by atoms with E-state index in [9.17, 15) is 4.79 Å². The number of nitrogens with one attached hydrogen (secondary N) is 2. The molecule has 0 fully saturated rings. The molecule has 18 heavy (non-hydrogen) atoms. The number of aromatic nitrogens is 2. The number of carbonyl (C=O) groups excluding carboxylic acids is 1. The number of nitrogens with zero attached hydrogens (tertiary/aromatic N) is 1. The van der Waals surface area contributed by atoms with Crippen LogP contribution in [0.3, 0.4) is 0 Å². The summed E-state index contributed by atoms with van der Waals surface area (Å²) in [6, 6.07) is 5.39. The summed E-state index contributed by atoms with van der Waals surface area (Å²) in [4.78, 5) is 11.9. The molecule has 2 rings (SSSR count). The predicted molar refractivity (Wildman–Crippen MR) is 68.1 cm³/mol. The zero-order chi connectivity index (χ0) is 13.1. The van der Waals surface area contributed by atoms with Gasteiger partial charge in [0.15, 0.2) is 11.5 Å². The van der Waals surface area contributed by atoms with Crippen molar-refractivity contribution in [3.05, 3.63) is 30.2 Å². The lowest BCUT2D eigenvalue weighted by Gasteiger charge is -2.16. The zero-order valence-corrected chi connectivity index (χ0v) is 10.7. The largest absolute Gasteiger partial charge is 0.463 e. The van der Waals surface area contributed by atoms with Crippen LogP contribution < -0.4 is 5.32 Å². The Hall–Kier alpha value is -2.04. The van der Waals surface area contributed by atoms with Crippen molar-refractivity contribution < 1.29 is 9.21 Å². The van der Waals surface area contributed by atoms with Crippen molar-refractivity contribution >= 4 is 5.91 Å². The molecule has 0 aromatic carbocycles. The van der Waals surface area contributed by atoms with Gasteiger partial charge in [0.05, 0.1) is 6.26 Å². The van der Waals surface area contributed by atoms with Gasteiger partial charge in [-0.25, -0.2) is 0 Å². The van der Waals surface area contributed by atoms with Crippen molar-refractivity contribution in [2.75, 3.05) is 0 Å². The van der Waals surface area contributed by atoms with Crippen LogP contribution in [0.15, 0.2) is 28.9 Å². The molecule has 5 nitrogen and oxygen atoms in total. The molecule has 0 aliphatic heterocycles. The van der Waals surface area contributed by atoms with Gasteiger partial charge in [0.2, 0.25) is 0 Å². The first-order valence-electron chi connectivity index (χ1n) is 5.98. The third-order valence-electron chi connectivity index (χ3n) is 2.96. The summed E-state index contributed by atoms with van der Waals surface area (Å²) >= 11 is 0. The molecule has 2 heterocycles. The number of amides is 1. The third kappa shape index (κ3) is 2.61. The first-order chi connectivity index (χ1) is 8.58. The number of furan rings is 1. The van der Waals surface area contributed by atoms with Gasteiger partial charge >= 0.3 is 0 Å². The van der Waals surface area contributed by atoms with Gasteiger partial charge in [-0.1, -0.05) is 13.8 Å². The normalized spacial score (nSPS) is 12.7. The minimum Gasteiger partial charge on any atom is -0.463 e. The highest BCUT2D eigenvalue weighted by atomic mass is 16.3. The molecule has 0 aliphatic carbocycles. The minimum atomic E-state index is -0.176. The number of H-pyrrole nitrogens is 1. The van der Waals surface area contributed by atoms with E-state index in [2.05, 4.69) is 29.4 Å². The quantitative estimate of drug-likeness (QED) is 0.871. The van der Waals surface area contributed by atoms with Crippen LogP contribution in [-0.2, 0) is 0 Å². The van der Waals surface area contributed by atoms with E-state index in [4.69, 9.17) is 4.42 Å². The second-order valence-electron chi connectivity index (χ2n) is 4.65. The lowest BCUT2D eigenvalue weighted by atomic mass is 10.1. The van der Waals surface area contributed by atoms with Gasteiger partial charge in [-0.3, -0.25) is 9.89 Å². The maximum Gasteiger partial charge on any atom is 0.272 e. The maximum absolute atomic E-state index is 11.9. The SMILES string of the molecule is CC(C)[C@H](C)NC(=O)c1cc(-c2ccco2)[nH]n1. The Kier molecular flexibility index (Phi) is 3.50. The Balaban J connectivity index is 2.08. The van der Waals surface area contributed by atoms with Crippen LogP contribution in [0.4, 0.5) is 0 Å². The molecule has 5 heteroatoms. The molecule has 1 amide bonds. The van der Waals surface area contributed by atoms with E-state index in [0.29, 0.717) is 23.1 Å². The van der Waals surface area contributed by atoms with E-state index >= 15 is 0 Å². The van der Waals surface area contributed by atoms with E-state index in [1.165, 1.54) is 0 Å². The lowest BCUT2D eigenvalue weighted by Crippen LogP contribution is -2.36. The van der Waals surface area contributed by atoms with Crippen molar-refractivity contribution in [3.63, 3.8) is 0 Å². The van der Waals surface area contributed by atoms with Crippen molar-refractivity contribution in [3.8, 4) is 11.5 Å². The summed E-state index contributed by atoms with van der Waals surface area (Å²) in [5, 5.41) is 9.68. The second kappa shape index (κ2) is 5.08. The van der Waals surface area contributed by atoms with Crippen LogP contribution in [0.5, 0.6) is 0 Å². The van der Waals surface area contributed by atoms with Gasteiger partial charge in [0.25, 0.3) is 5.91 Å². The van der Waals surface area contributed by atoms with Crippen LogP contribution in [0, 0.1) is 5.92 Å². The molecule has 2 N–H and O–H groups in total. The molecule has 96 valence electrons. The highest BCUT2D eigenvalue weighted by molar-refractivity contribution is 5.93. The molecule has 1 atom stereocenters. The fourth-order valence-electron chi connectivity index (χ4n) is 1.44. The summed E-state index contributed by atoms with van der Waals surface area (Å²) in [6.07, 6.45) is 1.58. The summed E-state index contributed by atoms with van der Waals surface area (Å²) < 4.78 is 5.23. The van der Waals surface area contributed by atoms with Gasteiger partial charge in [0, 0.05) is 12.1 Å². The van der Waals surface area contributed by atoms with E-state index < -0.39 is 0 Å². The first kappa shape index (κ1) is 12.4. The molecular formula is C13H17N3O2. The Labute approximate surface area is 106 Å². The topological polar surface area (TPSA) is 70.9 Å². The molecule has 0 unspecified atom stereocenters. The van der Waals surface area contributed by atoms with Crippen LogP contribution in [-0.4, -0.2) is 22.1 Å². The van der Waals surface area contributed by atoms with Gasteiger partial charge in [-0.2, -0.15) is 5.10 Å². The molecule has 2 aromatic rings. The number of rotatable bonds is 4. The van der Waals surface area contributed by atoms with Crippen LogP contribution >= 0.6 is 0 Å². The van der Waals surface area contributed by atoms with E-state index in [0.717, 1.165) is 0 Å². The molecule has 0 saturated carbocycles. The van der Waals surface area contributed by atoms with E-state index in [-0.39, 0.29) is 11.9 Å². The highest BCUT2D eigenvalue weighted by Gasteiger charge is 2.16. The van der Waals surface area contributed by atoms with Gasteiger partial charge in [0.1, 0.15) is 5.69 Å². The Morgan fingerprint density at radius 1 is 1.44 bits per heavy atom. The van der Waals surface area contributed by atoms with Crippen molar-refractivity contribution in [1.82, 2.24) is 15.5 Å².